The molecule has 0 saturated carbocycles. The van der Waals surface area contributed by atoms with Crippen LogP contribution < -0.4 is 10.1 Å². The number of nitrogens with one attached hydrogen (secondary N) is 1. The Labute approximate surface area is 108 Å². The van der Waals surface area contributed by atoms with Crippen LogP contribution in [-0.2, 0) is 0 Å². The zero-order valence-corrected chi connectivity index (χ0v) is 11.1. The van der Waals surface area contributed by atoms with Crippen molar-refractivity contribution in [3.05, 3.63) is 29.3 Å². The van der Waals surface area contributed by atoms with Gasteiger partial charge >= 0.3 is 0 Å². The number of aliphatic hydroxyl groups excluding tert-OH is 1. The van der Waals surface area contributed by atoms with Crippen molar-refractivity contribution >= 4 is 11.6 Å². The van der Waals surface area contributed by atoms with Gasteiger partial charge in [-0.2, -0.15) is 0 Å². The van der Waals surface area contributed by atoms with Gasteiger partial charge in [0.1, 0.15) is 18.5 Å². The molecule has 0 radical (unpaired) electrons. The Balaban J connectivity index is 2.28. The van der Waals surface area contributed by atoms with Gasteiger partial charge in [-0.25, -0.2) is 0 Å². The summed E-state index contributed by atoms with van der Waals surface area (Å²) in [6, 6.07) is 7.66. The van der Waals surface area contributed by atoms with Crippen molar-refractivity contribution in [2.24, 2.45) is 0 Å². The number of ether oxygens (including phenoxy) is 1. The van der Waals surface area contributed by atoms with Gasteiger partial charge in [-0.15, -0.1) is 0 Å². The summed E-state index contributed by atoms with van der Waals surface area (Å²) in [7, 11) is 0. The molecule has 0 aliphatic rings. The molecule has 0 bridgehead atoms. The number of rotatable bonds is 7. The molecule has 1 aromatic carbocycles. The van der Waals surface area contributed by atoms with Gasteiger partial charge in [0.05, 0.1) is 5.02 Å². The van der Waals surface area contributed by atoms with Crippen LogP contribution in [-0.4, -0.2) is 30.4 Å². The second-order valence-electron chi connectivity index (χ2n) is 4.11. The van der Waals surface area contributed by atoms with Gasteiger partial charge in [0.25, 0.3) is 0 Å². The van der Waals surface area contributed by atoms with Crippen LogP contribution in [0.15, 0.2) is 24.3 Å². The van der Waals surface area contributed by atoms with Crippen LogP contribution in [0.4, 0.5) is 0 Å². The van der Waals surface area contributed by atoms with E-state index in [1.807, 2.05) is 12.1 Å². The number of benzene rings is 1. The van der Waals surface area contributed by atoms with E-state index >= 15 is 0 Å². The lowest BCUT2D eigenvalue weighted by Crippen LogP contribution is -2.36. The van der Waals surface area contributed by atoms with E-state index in [0.717, 1.165) is 6.42 Å². The van der Waals surface area contributed by atoms with Gasteiger partial charge in [-0.1, -0.05) is 30.7 Å². The molecule has 96 valence electrons. The van der Waals surface area contributed by atoms with E-state index in [-0.39, 0.29) is 6.61 Å². The lowest BCUT2D eigenvalue weighted by molar-refractivity contribution is 0.104. The largest absolute Gasteiger partial charge is 0.489 e. The highest BCUT2D eigenvalue weighted by atomic mass is 35.5. The molecule has 2 N–H and O–H groups in total. The molecule has 4 heteroatoms. The lowest BCUT2D eigenvalue weighted by Gasteiger charge is -2.16. The average molecular weight is 258 g/mol. The molecule has 0 aliphatic heterocycles. The smallest absolute Gasteiger partial charge is 0.138 e. The van der Waals surface area contributed by atoms with Crippen LogP contribution in [0.25, 0.3) is 0 Å². The zero-order valence-electron chi connectivity index (χ0n) is 10.3. The van der Waals surface area contributed by atoms with E-state index in [4.69, 9.17) is 16.3 Å². The molecule has 0 saturated heterocycles. The summed E-state index contributed by atoms with van der Waals surface area (Å²) in [4.78, 5) is 0. The SMILES string of the molecule is CC[C@H](C)NC[C@H](O)COc1ccccc1Cl. The van der Waals surface area contributed by atoms with Crippen LogP contribution in [0, 0.1) is 0 Å². The Kier molecular flexibility index (Phi) is 6.34. The molecule has 0 spiro atoms. The highest BCUT2D eigenvalue weighted by Crippen LogP contribution is 2.22. The lowest BCUT2D eigenvalue weighted by atomic mass is 10.2. The van der Waals surface area contributed by atoms with Gasteiger partial charge in [-0.05, 0) is 25.5 Å². The molecule has 0 heterocycles. The quantitative estimate of drug-likeness (QED) is 0.789. The van der Waals surface area contributed by atoms with E-state index in [1.54, 1.807) is 12.1 Å². The van der Waals surface area contributed by atoms with Gasteiger partial charge < -0.3 is 15.2 Å². The highest BCUT2D eigenvalue weighted by Gasteiger charge is 2.08. The normalized spacial score (nSPS) is 14.4. The first-order valence-electron chi connectivity index (χ1n) is 5.92. The summed E-state index contributed by atoms with van der Waals surface area (Å²) >= 11 is 5.94. The van der Waals surface area contributed by atoms with Gasteiger partial charge in [-0.3, -0.25) is 0 Å². The number of hydrogen-bond donors (Lipinski definition) is 2. The Bertz CT molecular complexity index is 333. The fourth-order valence-corrected chi connectivity index (χ4v) is 1.48. The van der Waals surface area contributed by atoms with E-state index in [9.17, 15) is 5.11 Å². The van der Waals surface area contributed by atoms with Crippen molar-refractivity contribution in [3.8, 4) is 5.75 Å². The molecule has 0 fully saturated rings. The van der Waals surface area contributed by atoms with Crippen molar-refractivity contribution in [2.45, 2.75) is 32.4 Å². The van der Waals surface area contributed by atoms with E-state index < -0.39 is 6.10 Å². The highest BCUT2D eigenvalue weighted by molar-refractivity contribution is 6.32. The molecule has 0 unspecified atom stereocenters. The van der Waals surface area contributed by atoms with Crippen molar-refractivity contribution in [1.29, 1.82) is 0 Å². The minimum absolute atomic E-state index is 0.243. The minimum Gasteiger partial charge on any atom is -0.489 e. The van der Waals surface area contributed by atoms with Crippen LogP contribution in [0.3, 0.4) is 0 Å². The van der Waals surface area contributed by atoms with Crippen molar-refractivity contribution in [1.82, 2.24) is 5.32 Å². The van der Waals surface area contributed by atoms with Crippen molar-refractivity contribution in [3.63, 3.8) is 0 Å². The third kappa shape index (κ3) is 5.39. The second-order valence-corrected chi connectivity index (χ2v) is 4.52. The van der Waals surface area contributed by atoms with E-state index in [1.165, 1.54) is 0 Å². The maximum absolute atomic E-state index is 9.72. The number of halogens is 1. The molecule has 1 aromatic rings. The summed E-state index contributed by atoms with van der Waals surface area (Å²) in [6.45, 7) is 4.96. The Morgan fingerprint density at radius 2 is 2.12 bits per heavy atom. The zero-order chi connectivity index (χ0) is 12.7. The first kappa shape index (κ1) is 14.3. The summed E-state index contributed by atoms with van der Waals surface area (Å²) in [5.41, 5.74) is 0. The van der Waals surface area contributed by atoms with Gasteiger partial charge in [0.15, 0.2) is 0 Å². The minimum atomic E-state index is -0.528. The number of hydrogen-bond acceptors (Lipinski definition) is 3. The Hall–Kier alpha value is -0.770. The van der Waals surface area contributed by atoms with Crippen LogP contribution in [0.5, 0.6) is 5.75 Å². The summed E-state index contributed by atoms with van der Waals surface area (Å²) in [5.74, 6) is 0.608. The Morgan fingerprint density at radius 3 is 2.76 bits per heavy atom. The molecule has 0 amide bonds. The topological polar surface area (TPSA) is 41.5 Å². The van der Waals surface area contributed by atoms with Crippen LogP contribution in [0.1, 0.15) is 20.3 Å². The molecular weight excluding hydrogens is 238 g/mol. The number of para-hydroxylation sites is 1. The summed E-state index contributed by atoms with van der Waals surface area (Å²) in [6.07, 6.45) is 0.512. The van der Waals surface area contributed by atoms with Crippen LogP contribution >= 0.6 is 11.6 Å². The van der Waals surface area contributed by atoms with Gasteiger partial charge in [0.2, 0.25) is 0 Å². The van der Waals surface area contributed by atoms with Crippen molar-refractivity contribution in [2.75, 3.05) is 13.2 Å². The van der Waals surface area contributed by atoms with Gasteiger partial charge in [0, 0.05) is 12.6 Å². The fourth-order valence-electron chi connectivity index (χ4n) is 1.29. The summed E-state index contributed by atoms with van der Waals surface area (Å²) < 4.78 is 5.44. The molecule has 2 atom stereocenters. The first-order valence-corrected chi connectivity index (χ1v) is 6.30. The fraction of sp³-hybridized carbons (Fsp3) is 0.538. The van der Waals surface area contributed by atoms with E-state index in [2.05, 4.69) is 19.2 Å². The first-order chi connectivity index (χ1) is 8.13. The predicted octanol–water partition coefficient (Wildman–Crippen LogP) is 2.47. The standard InChI is InChI=1S/C13H20ClNO2/c1-3-10(2)15-8-11(16)9-17-13-7-5-4-6-12(13)14/h4-7,10-11,15-16H,3,8-9H2,1-2H3/t10-,11-/m0/s1. The van der Waals surface area contributed by atoms with Crippen LogP contribution in [0.2, 0.25) is 5.02 Å². The molecular formula is C13H20ClNO2. The third-order valence-electron chi connectivity index (χ3n) is 2.58. The maximum Gasteiger partial charge on any atom is 0.138 e. The summed E-state index contributed by atoms with van der Waals surface area (Å²) in [5, 5.41) is 13.5. The Morgan fingerprint density at radius 1 is 1.41 bits per heavy atom. The monoisotopic (exact) mass is 257 g/mol. The molecule has 0 aliphatic carbocycles. The maximum atomic E-state index is 9.72. The predicted molar refractivity (Wildman–Crippen MR) is 70.7 cm³/mol. The molecule has 0 aromatic heterocycles. The third-order valence-corrected chi connectivity index (χ3v) is 2.89. The van der Waals surface area contributed by atoms with Crippen molar-refractivity contribution < 1.29 is 9.84 Å². The molecule has 3 nitrogen and oxygen atoms in total. The second kappa shape index (κ2) is 7.54. The average Bonchev–Trinajstić information content (AvgIpc) is 2.35. The molecule has 1 rings (SSSR count). The molecule has 17 heavy (non-hydrogen) atoms. The number of aliphatic hydroxyl groups is 1. The van der Waals surface area contributed by atoms with E-state index in [0.29, 0.717) is 23.4 Å².